The third-order valence-corrected chi connectivity index (χ3v) is 5.42. The first-order valence-electron chi connectivity index (χ1n) is 10.2. The maximum absolute atomic E-state index is 14.4. The number of nitrogens with one attached hydrogen (secondary N) is 1. The van der Waals surface area contributed by atoms with E-state index in [0.717, 1.165) is 5.57 Å². The normalized spacial score (nSPS) is 15.8. The Labute approximate surface area is 178 Å². The van der Waals surface area contributed by atoms with Crippen molar-refractivity contribution in [3.05, 3.63) is 58.9 Å². The zero-order chi connectivity index (χ0) is 22.0. The van der Waals surface area contributed by atoms with Gasteiger partial charge in [0.2, 0.25) is 5.91 Å². The summed E-state index contributed by atoms with van der Waals surface area (Å²) in [4.78, 5) is 13.2. The zero-order valence-electron chi connectivity index (χ0n) is 17.1. The molecule has 0 spiro atoms. The van der Waals surface area contributed by atoms with Crippen molar-refractivity contribution in [3.63, 3.8) is 0 Å². The second-order valence-electron chi connectivity index (χ2n) is 7.46. The molecule has 164 valence electrons. The van der Waals surface area contributed by atoms with Crippen LogP contribution in [0.1, 0.15) is 25.3 Å². The van der Waals surface area contributed by atoms with Gasteiger partial charge in [-0.2, -0.15) is 0 Å². The number of benzene rings is 2. The van der Waals surface area contributed by atoms with E-state index in [-0.39, 0.29) is 36.1 Å². The summed E-state index contributed by atoms with van der Waals surface area (Å²) < 4.78 is 54.0. The lowest BCUT2D eigenvalue weighted by Gasteiger charge is -2.29. The van der Waals surface area contributed by atoms with E-state index >= 15 is 0 Å². The van der Waals surface area contributed by atoms with Gasteiger partial charge in [0, 0.05) is 37.2 Å². The van der Waals surface area contributed by atoms with Crippen LogP contribution in [0.5, 0.6) is 11.5 Å². The van der Waals surface area contributed by atoms with Crippen molar-refractivity contribution in [3.8, 4) is 11.5 Å². The summed E-state index contributed by atoms with van der Waals surface area (Å²) in [5, 5.41) is 2.56. The summed E-state index contributed by atoms with van der Waals surface area (Å²) >= 11 is 0. The fourth-order valence-corrected chi connectivity index (χ4v) is 3.87. The van der Waals surface area contributed by atoms with Crippen LogP contribution in [0.4, 0.5) is 24.5 Å². The van der Waals surface area contributed by atoms with Crippen LogP contribution in [-0.2, 0) is 11.2 Å². The summed E-state index contributed by atoms with van der Waals surface area (Å²) in [6.45, 7) is 3.15. The zero-order valence-corrected chi connectivity index (χ0v) is 17.1. The van der Waals surface area contributed by atoms with Gasteiger partial charge in [-0.1, -0.05) is 6.08 Å². The van der Waals surface area contributed by atoms with Crippen molar-refractivity contribution in [2.24, 2.45) is 0 Å². The third kappa shape index (κ3) is 4.47. The molecule has 0 unspecified atom stereocenters. The number of nitrogens with zero attached hydrogens (tertiary/aromatic N) is 1. The molecule has 0 fully saturated rings. The molecule has 0 saturated heterocycles. The predicted molar refractivity (Wildman–Crippen MR) is 111 cm³/mol. The molecule has 2 aliphatic heterocycles. The number of anilines is 2. The molecule has 0 atom stereocenters. The Kier molecular flexibility index (Phi) is 6.06. The standard InChI is InChI=1S/C23H23F3N2O3/c1-2-30-15-11-18(25)23(19(26)12-15)28-9-7-14(8-10-28)13-31-20-5-4-17(24)22-16(20)3-6-21(29)27-22/h4-5,7,11-12H,2-3,6,8-10,13H2,1H3,(H,27,29). The lowest BCUT2D eigenvalue weighted by atomic mass is 10.0. The minimum atomic E-state index is -0.656. The maximum atomic E-state index is 14.4. The number of rotatable bonds is 6. The Bertz CT molecular complexity index is 1020. The number of carbonyl (C=O) groups is 1. The topological polar surface area (TPSA) is 50.8 Å². The van der Waals surface area contributed by atoms with E-state index in [0.29, 0.717) is 43.9 Å². The van der Waals surface area contributed by atoms with Gasteiger partial charge in [-0.3, -0.25) is 4.79 Å². The van der Waals surface area contributed by atoms with Gasteiger partial charge in [0.25, 0.3) is 0 Å². The summed E-state index contributed by atoms with van der Waals surface area (Å²) in [7, 11) is 0. The van der Waals surface area contributed by atoms with Gasteiger partial charge in [-0.25, -0.2) is 13.2 Å². The SMILES string of the molecule is CCOc1cc(F)c(N2CC=C(COc3ccc(F)c4c3CCC(=O)N4)CC2)c(F)c1. The molecule has 0 aliphatic carbocycles. The first kappa shape index (κ1) is 21.1. The number of amides is 1. The lowest BCUT2D eigenvalue weighted by Crippen LogP contribution is -2.31. The number of ether oxygens (including phenoxy) is 2. The van der Waals surface area contributed by atoms with E-state index < -0.39 is 17.5 Å². The third-order valence-electron chi connectivity index (χ3n) is 5.42. The summed E-state index contributed by atoms with van der Waals surface area (Å²) in [5.41, 5.74) is 1.75. The van der Waals surface area contributed by atoms with Crippen LogP contribution >= 0.6 is 0 Å². The van der Waals surface area contributed by atoms with E-state index in [9.17, 15) is 18.0 Å². The van der Waals surface area contributed by atoms with Crippen molar-refractivity contribution in [1.29, 1.82) is 0 Å². The molecule has 0 radical (unpaired) electrons. The van der Waals surface area contributed by atoms with Gasteiger partial charge in [0.05, 0.1) is 12.3 Å². The molecular formula is C23H23F3N2O3. The van der Waals surface area contributed by atoms with E-state index in [1.165, 1.54) is 18.2 Å². The molecule has 31 heavy (non-hydrogen) atoms. The molecule has 2 aromatic carbocycles. The van der Waals surface area contributed by atoms with Crippen LogP contribution in [0.15, 0.2) is 35.9 Å². The number of carbonyl (C=O) groups excluding carboxylic acids is 1. The second-order valence-corrected chi connectivity index (χ2v) is 7.46. The molecular weight excluding hydrogens is 409 g/mol. The van der Waals surface area contributed by atoms with Gasteiger partial charge in [0.1, 0.15) is 29.6 Å². The lowest BCUT2D eigenvalue weighted by molar-refractivity contribution is -0.116. The average Bonchev–Trinajstić information content (AvgIpc) is 2.74. The van der Waals surface area contributed by atoms with Crippen molar-refractivity contribution in [2.45, 2.75) is 26.2 Å². The van der Waals surface area contributed by atoms with E-state index in [2.05, 4.69) is 5.32 Å². The van der Waals surface area contributed by atoms with E-state index in [4.69, 9.17) is 9.47 Å². The Balaban J connectivity index is 1.43. The molecule has 2 aromatic rings. The predicted octanol–water partition coefficient (Wildman–Crippen LogP) is 4.60. The number of hydrogen-bond donors (Lipinski definition) is 1. The van der Waals surface area contributed by atoms with Crippen LogP contribution in [0.2, 0.25) is 0 Å². The van der Waals surface area contributed by atoms with Crippen LogP contribution in [-0.4, -0.2) is 32.2 Å². The molecule has 1 N–H and O–H groups in total. The Morgan fingerprint density at radius 3 is 2.48 bits per heavy atom. The van der Waals surface area contributed by atoms with Crippen LogP contribution in [0.25, 0.3) is 0 Å². The Morgan fingerprint density at radius 1 is 1.03 bits per heavy atom. The number of halogens is 3. The first-order chi connectivity index (χ1) is 15.0. The highest BCUT2D eigenvalue weighted by Crippen LogP contribution is 2.34. The quantitative estimate of drug-likeness (QED) is 0.678. The van der Waals surface area contributed by atoms with Crippen LogP contribution in [0, 0.1) is 17.5 Å². The molecule has 1 amide bonds. The summed E-state index contributed by atoms with van der Waals surface area (Å²) in [5.74, 6) is -1.31. The minimum absolute atomic E-state index is 0.0667. The van der Waals surface area contributed by atoms with Crippen molar-refractivity contribution >= 4 is 17.3 Å². The Hall–Kier alpha value is -3.16. The number of hydrogen-bond acceptors (Lipinski definition) is 4. The average molecular weight is 432 g/mol. The molecule has 0 bridgehead atoms. The van der Waals surface area contributed by atoms with Crippen molar-refractivity contribution in [2.75, 3.05) is 36.5 Å². The van der Waals surface area contributed by atoms with E-state index in [1.54, 1.807) is 17.9 Å². The number of fused-ring (bicyclic) bond motifs is 1. The molecule has 5 nitrogen and oxygen atoms in total. The Morgan fingerprint density at radius 2 is 1.81 bits per heavy atom. The fourth-order valence-electron chi connectivity index (χ4n) is 3.87. The highest BCUT2D eigenvalue weighted by atomic mass is 19.1. The van der Waals surface area contributed by atoms with E-state index in [1.807, 2.05) is 6.08 Å². The highest BCUT2D eigenvalue weighted by molar-refractivity contribution is 5.94. The summed E-state index contributed by atoms with van der Waals surface area (Å²) in [6.07, 6.45) is 3.16. The van der Waals surface area contributed by atoms with Crippen LogP contribution < -0.4 is 19.7 Å². The highest BCUT2D eigenvalue weighted by Gasteiger charge is 2.24. The van der Waals surface area contributed by atoms with Gasteiger partial charge in [-0.15, -0.1) is 0 Å². The van der Waals surface area contributed by atoms with Gasteiger partial charge >= 0.3 is 0 Å². The largest absolute Gasteiger partial charge is 0.494 e. The monoisotopic (exact) mass is 432 g/mol. The molecule has 4 rings (SSSR count). The smallest absolute Gasteiger partial charge is 0.224 e. The molecule has 2 heterocycles. The maximum Gasteiger partial charge on any atom is 0.224 e. The van der Waals surface area contributed by atoms with Crippen molar-refractivity contribution in [1.82, 2.24) is 0 Å². The minimum Gasteiger partial charge on any atom is -0.494 e. The molecule has 8 heteroatoms. The molecule has 0 saturated carbocycles. The molecule has 2 aliphatic rings. The van der Waals surface area contributed by atoms with Gasteiger partial charge < -0.3 is 19.7 Å². The molecule has 0 aromatic heterocycles. The van der Waals surface area contributed by atoms with Crippen LogP contribution in [0.3, 0.4) is 0 Å². The van der Waals surface area contributed by atoms with Gasteiger partial charge in [0.15, 0.2) is 11.6 Å². The second kappa shape index (κ2) is 8.91. The fraction of sp³-hybridized carbons (Fsp3) is 0.348. The summed E-state index contributed by atoms with van der Waals surface area (Å²) in [6, 6.07) is 5.22. The first-order valence-corrected chi connectivity index (χ1v) is 10.2. The van der Waals surface area contributed by atoms with Crippen molar-refractivity contribution < 1.29 is 27.4 Å². The van der Waals surface area contributed by atoms with Gasteiger partial charge in [-0.05, 0) is 37.5 Å².